The average molecular weight is 531 g/mol. The predicted molar refractivity (Wildman–Crippen MR) is 133 cm³/mol. The molecule has 2 fully saturated rings. The Morgan fingerprint density at radius 1 is 1.17 bits per heavy atom. The molecule has 1 aliphatic heterocycles. The lowest BCUT2D eigenvalue weighted by molar-refractivity contribution is -0.135. The van der Waals surface area contributed by atoms with Crippen LogP contribution in [-0.2, 0) is 11.3 Å². The van der Waals surface area contributed by atoms with Gasteiger partial charge in [-0.05, 0) is 50.1 Å². The number of carbonyl (C=O) groups excluding carboxylic acids is 1. The number of nitrogens with one attached hydrogen (secondary N) is 2. The van der Waals surface area contributed by atoms with Gasteiger partial charge in [-0.15, -0.1) is 35.7 Å². The normalized spacial score (nSPS) is 20.3. The zero-order chi connectivity index (χ0) is 19.8. The molecule has 0 aromatic heterocycles. The molecule has 1 heterocycles. The van der Waals surface area contributed by atoms with E-state index in [1.807, 2.05) is 0 Å². The van der Waals surface area contributed by atoms with Gasteiger partial charge >= 0.3 is 0 Å². The van der Waals surface area contributed by atoms with E-state index in [-0.39, 0.29) is 35.9 Å². The molecule has 162 valence electrons. The summed E-state index contributed by atoms with van der Waals surface area (Å²) in [6.45, 7) is 5.22. The van der Waals surface area contributed by atoms with E-state index in [9.17, 15) is 4.79 Å². The van der Waals surface area contributed by atoms with Crippen molar-refractivity contribution in [3.63, 3.8) is 0 Å². The molecule has 2 aliphatic rings. The highest BCUT2D eigenvalue weighted by Gasteiger charge is 2.31. The van der Waals surface area contributed by atoms with Crippen LogP contribution in [0, 0.1) is 5.92 Å². The number of halogens is 1. The number of aliphatic imine (C=N–C) groups is 1. The molecule has 7 heteroatoms. The third-order valence-corrected chi connectivity index (χ3v) is 6.46. The minimum absolute atomic E-state index is 0. The van der Waals surface area contributed by atoms with Gasteiger partial charge < -0.3 is 15.5 Å². The van der Waals surface area contributed by atoms with Crippen LogP contribution >= 0.6 is 35.7 Å². The lowest BCUT2D eigenvalue weighted by Crippen LogP contribution is -2.45. The van der Waals surface area contributed by atoms with Crippen molar-refractivity contribution < 1.29 is 4.79 Å². The molecule has 29 heavy (non-hydrogen) atoms. The van der Waals surface area contributed by atoms with E-state index in [2.05, 4.69) is 53.0 Å². The Labute approximate surface area is 196 Å². The Bertz CT molecular complexity index is 661. The number of amides is 1. The minimum Gasteiger partial charge on any atom is -0.357 e. The summed E-state index contributed by atoms with van der Waals surface area (Å²) in [6, 6.07) is 8.84. The average Bonchev–Trinajstić information content (AvgIpc) is 3.21. The number of carbonyl (C=O) groups is 1. The number of thioether (sulfide) groups is 1. The van der Waals surface area contributed by atoms with Crippen LogP contribution in [0.1, 0.15) is 51.0 Å². The number of nitrogens with zero attached hydrogens (tertiary/aromatic N) is 2. The van der Waals surface area contributed by atoms with Gasteiger partial charge in [0.25, 0.3) is 0 Å². The van der Waals surface area contributed by atoms with Crippen LogP contribution in [0.15, 0.2) is 34.2 Å². The van der Waals surface area contributed by atoms with Crippen LogP contribution in [0.4, 0.5) is 0 Å². The van der Waals surface area contributed by atoms with Gasteiger partial charge in [0.05, 0.1) is 6.54 Å². The smallest absolute Gasteiger partial charge is 0.225 e. The standard InChI is InChI=1S/C22H34N4OS.HI/c1-3-23-22(24-15-17-9-11-20(28-2)12-10-17)25-19-13-14-26(16-19)21(27)18-7-5-4-6-8-18;/h9-12,18-19H,3-8,13-16H2,1-2H3,(H2,23,24,25);1H. The highest BCUT2D eigenvalue weighted by Crippen LogP contribution is 2.26. The van der Waals surface area contributed by atoms with Gasteiger partial charge in [0.2, 0.25) is 5.91 Å². The molecule has 3 rings (SSSR count). The number of guanidine groups is 1. The van der Waals surface area contributed by atoms with E-state index in [1.54, 1.807) is 11.8 Å². The maximum atomic E-state index is 12.8. The first-order chi connectivity index (χ1) is 13.7. The van der Waals surface area contributed by atoms with E-state index >= 15 is 0 Å². The Kier molecular flexibility index (Phi) is 10.6. The molecule has 1 aliphatic carbocycles. The first kappa shape index (κ1) is 24.3. The summed E-state index contributed by atoms with van der Waals surface area (Å²) in [7, 11) is 0. The quantitative estimate of drug-likeness (QED) is 0.250. The molecular weight excluding hydrogens is 495 g/mol. The van der Waals surface area contributed by atoms with Crippen molar-refractivity contribution in [2.45, 2.75) is 62.9 Å². The molecule has 1 aromatic rings. The first-order valence-corrected chi connectivity index (χ1v) is 11.9. The summed E-state index contributed by atoms with van der Waals surface area (Å²) in [5.41, 5.74) is 1.20. The lowest BCUT2D eigenvalue weighted by atomic mass is 9.88. The molecule has 1 aromatic carbocycles. The van der Waals surface area contributed by atoms with Gasteiger partial charge in [-0.3, -0.25) is 4.79 Å². The van der Waals surface area contributed by atoms with Crippen LogP contribution in [0.3, 0.4) is 0 Å². The Balaban J connectivity index is 0.00000300. The molecule has 1 unspecified atom stereocenters. The topological polar surface area (TPSA) is 56.7 Å². The molecule has 0 spiro atoms. The van der Waals surface area contributed by atoms with Gasteiger partial charge in [0.15, 0.2) is 5.96 Å². The number of hydrogen-bond donors (Lipinski definition) is 2. The SMILES string of the molecule is CCNC(=NCc1ccc(SC)cc1)NC1CCN(C(=O)C2CCCCC2)C1.I. The zero-order valence-corrected chi connectivity index (χ0v) is 20.8. The number of likely N-dealkylation sites (tertiary alicyclic amines) is 1. The first-order valence-electron chi connectivity index (χ1n) is 10.7. The molecular formula is C22H35IN4OS. The molecule has 1 saturated heterocycles. The van der Waals surface area contributed by atoms with Crippen LogP contribution in [0.25, 0.3) is 0 Å². The fourth-order valence-electron chi connectivity index (χ4n) is 4.10. The summed E-state index contributed by atoms with van der Waals surface area (Å²) < 4.78 is 0. The van der Waals surface area contributed by atoms with Gasteiger partial charge in [0.1, 0.15) is 0 Å². The van der Waals surface area contributed by atoms with Crippen molar-refractivity contribution in [1.29, 1.82) is 0 Å². The zero-order valence-electron chi connectivity index (χ0n) is 17.7. The number of hydrogen-bond acceptors (Lipinski definition) is 3. The minimum atomic E-state index is 0. The van der Waals surface area contributed by atoms with Crippen LogP contribution in [0.5, 0.6) is 0 Å². The highest BCUT2D eigenvalue weighted by molar-refractivity contribution is 14.0. The Morgan fingerprint density at radius 3 is 2.55 bits per heavy atom. The van der Waals surface area contributed by atoms with Crippen molar-refractivity contribution >= 4 is 47.6 Å². The largest absolute Gasteiger partial charge is 0.357 e. The lowest BCUT2D eigenvalue weighted by Gasteiger charge is -2.26. The second-order valence-electron chi connectivity index (χ2n) is 7.79. The van der Waals surface area contributed by atoms with E-state index in [0.717, 1.165) is 44.9 Å². The molecule has 0 radical (unpaired) electrons. The van der Waals surface area contributed by atoms with Gasteiger partial charge in [-0.25, -0.2) is 4.99 Å². The van der Waals surface area contributed by atoms with Gasteiger partial charge in [0, 0.05) is 36.5 Å². The van der Waals surface area contributed by atoms with E-state index < -0.39 is 0 Å². The number of rotatable bonds is 6. The van der Waals surface area contributed by atoms with Crippen molar-refractivity contribution in [2.75, 3.05) is 25.9 Å². The van der Waals surface area contributed by atoms with Crippen LogP contribution in [0.2, 0.25) is 0 Å². The highest BCUT2D eigenvalue weighted by atomic mass is 127. The monoisotopic (exact) mass is 530 g/mol. The van der Waals surface area contributed by atoms with Crippen molar-refractivity contribution in [3.05, 3.63) is 29.8 Å². The van der Waals surface area contributed by atoms with Crippen molar-refractivity contribution in [1.82, 2.24) is 15.5 Å². The van der Waals surface area contributed by atoms with Crippen LogP contribution < -0.4 is 10.6 Å². The van der Waals surface area contributed by atoms with Crippen LogP contribution in [-0.4, -0.2) is 48.7 Å². The third-order valence-electron chi connectivity index (χ3n) is 5.72. The predicted octanol–water partition coefficient (Wildman–Crippen LogP) is 4.26. The molecule has 2 N–H and O–H groups in total. The van der Waals surface area contributed by atoms with E-state index in [0.29, 0.717) is 12.5 Å². The molecule has 5 nitrogen and oxygen atoms in total. The van der Waals surface area contributed by atoms with Crippen molar-refractivity contribution in [2.24, 2.45) is 10.9 Å². The Morgan fingerprint density at radius 2 is 1.90 bits per heavy atom. The molecule has 1 saturated carbocycles. The fourth-order valence-corrected chi connectivity index (χ4v) is 4.51. The van der Waals surface area contributed by atoms with Gasteiger partial charge in [-0.1, -0.05) is 31.4 Å². The summed E-state index contributed by atoms with van der Waals surface area (Å²) in [4.78, 5) is 20.9. The summed E-state index contributed by atoms with van der Waals surface area (Å²) in [5.74, 6) is 1.48. The van der Waals surface area contributed by atoms with E-state index in [4.69, 9.17) is 4.99 Å². The van der Waals surface area contributed by atoms with Gasteiger partial charge in [-0.2, -0.15) is 0 Å². The van der Waals surface area contributed by atoms with Crippen molar-refractivity contribution in [3.8, 4) is 0 Å². The summed E-state index contributed by atoms with van der Waals surface area (Å²) in [5, 5.41) is 6.88. The summed E-state index contributed by atoms with van der Waals surface area (Å²) in [6.07, 6.45) is 8.94. The van der Waals surface area contributed by atoms with E-state index in [1.165, 1.54) is 29.7 Å². The second kappa shape index (κ2) is 12.7. The third kappa shape index (κ3) is 7.35. The fraction of sp³-hybridized carbons (Fsp3) is 0.636. The second-order valence-corrected chi connectivity index (χ2v) is 8.67. The summed E-state index contributed by atoms with van der Waals surface area (Å²) >= 11 is 1.75. The maximum absolute atomic E-state index is 12.8. The number of benzene rings is 1. The molecule has 1 amide bonds. The maximum Gasteiger partial charge on any atom is 0.225 e. The Hall–Kier alpha value is -0.960. The molecule has 0 bridgehead atoms. The molecule has 1 atom stereocenters.